The van der Waals surface area contributed by atoms with Crippen LogP contribution in [0.2, 0.25) is 0 Å². The molecule has 0 saturated carbocycles. The quantitative estimate of drug-likeness (QED) is 0.773. The largest absolute Gasteiger partial charge is 0.432 e. The highest BCUT2D eigenvalue weighted by Crippen LogP contribution is 2.11. The third kappa shape index (κ3) is 4.23. The summed E-state index contributed by atoms with van der Waals surface area (Å²) in [5.74, 6) is 0.661. The molecule has 16 heavy (non-hydrogen) atoms. The molecule has 0 radical (unpaired) electrons. The van der Waals surface area contributed by atoms with E-state index in [1.54, 1.807) is 6.26 Å². The van der Waals surface area contributed by atoms with Crippen LogP contribution in [-0.4, -0.2) is 25.1 Å². The predicted molar refractivity (Wildman–Crippen MR) is 66.6 cm³/mol. The van der Waals surface area contributed by atoms with E-state index in [-0.39, 0.29) is 0 Å². The Hall–Kier alpha value is -1.03. The molecule has 0 aliphatic rings. The van der Waals surface area contributed by atoms with E-state index in [9.17, 15) is 0 Å². The molecule has 1 N–H and O–H groups in total. The monoisotopic (exact) mass is 225 g/mol. The fraction of sp³-hybridized carbons (Fsp3) is 0.750. The Morgan fingerprint density at radius 1 is 1.50 bits per heavy atom. The first-order valence-electron chi connectivity index (χ1n) is 5.99. The summed E-state index contributed by atoms with van der Waals surface area (Å²) in [6.07, 6.45) is 2.83. The Balaban J connectivity index is 2.39. The standard InChI is InChI=1S/C12H23N3O/c1-5-6-15(4)12-14-11(9-16-12)8-13-7-10(2)3/h9-10,13H,5-8H2,1-4H3. The van der Waals surface area contributed by atoms with Crippen molar-refractivity contribution in [1.82, 2.24) is 10.3 Å². The van der Waals surface area contributed by atoms with Gasteiger partial charge in [0.25, 0.3) is 6.01 Å². The van der Waals surface area contributed by atoms with Gasteiger partial charge in [-0.05, 0) is 18.9 Å². The number of hydrogen-bond donors (Lipinski definition) is 1. The van der Waals surface area contributed by atoms with E-state index in [2.05, 4.69) is 31.1 Å². The van der Waals surface area contributed by atoms with Gasteiger partial charge in [0.1, 0.15) is 6.26 Å². The second-order valence-electron chi connectivity index (χ2n) is 4.57. The molecule has 0 aliphatic carbocycles. The van der Waals surface area contributed by atoms with Crippen LogP contribution in [0.5, 0.6) is 0 Å². The molecule has 0 unspecified atom stereocenters. The first kappa shape index (κ1) is 13.0. The highest BCUT2D eigenvalue weighted by Gasteiger charge is 2.07. The lowest BCUT2D eigenvalue weighted by molar-refractivity contribution is 0.535. The van der Waals surface area contributed by atoms with Crippen molar-refractivity contribution < 1.29 is 4.42 Å². The first-order valence-corrected chi connectivity index (χ1v) is 5.99. The van der Waals surface area contributed by atoms with Crippen LogP contribution in [0.3, 0.4) is 0 Å². The Kier molecular flexibility index (Phi) is 5.32. The molecule has 0 aromatic carbocycles. The van der Waals surface area contributed by atoms with Gasteiger partial charge in [-0.2, -0.15) is 4.98 Å². The molecule has 1 heterocycles. The minimum absolute atomic E-state index is 0.661. The van der Waals surface area contributed by atoms with E-state index in [4.69, 9.17) is 4.42 Å². The fourth-order valence-corrected chi connectivity index (χ4v) is 1.47. The molecule has 1 rings (SSSR count). The lowest BCUT2D eigenvalue weighted by Gasteiger charge is -2.11. The van der Waals surface area contributed by atoms with Crippen LogP contribution in [0.25, 0.3) is 0 Å². The molecule has 0 aliphatic heterocycles. The van der Waals surface area contributed by atoms with Gasteiger partial charge < -0.3 is 14.6 Å². The molecule has 4 nitrogen and oxygen atoms in total. The fourth-order valence-electron chi connectivity index (χ4n) is 1.47. The van der Waals surface area contributed by atoms with Crippen LogP contribution in [0.1, 0.15) is 32.9 Å². The molecule has 0 spiro atoms. The molecule has 0 atom stereocenters. The minimum Gasteiger partial charge on any atom is -0.432 e. The first-order chi connectivity index (χ1) is 7.63. The van der Waals surface area contributed by atoms with Gasteiger partial charge in [-0.25, -0.2) is 0 Å². The van der Waals surface area contributed by atoms with Crippen molar-refractivity contribution in [3.05, 3.63) is 12.0 Å². The molecule has 1 aromatic heterocycles. The summed E-state index contributed by atoms with van der Waals surface area (Å²) in [6.45, 7) is 9.28. The summed E-state index contributed by atoms with van der Waals surface area (Å²) in [7, 11) is 2.00. The predicted octanol–water partition coefficient (Wildman–Crippen LogP) is 2.27. The van der Waals surface area contributed by atoms with Crippen LogP contribution < -0.4 is 10.2 Å². The summed E-state index contributed by atoms with van der Waals surface area (Å²) < 4.78 is 5.41. The number of aromatic nitrogens is 1. The van der Waals surface area contributed by atoms with Gasteiger partial charge in [0, 0.05) is 20.1 Å². The molecular weight excluding hydrogens is 202 g/mol. The number of anilines is 1. The van der Waals surface area contributed by atoms with E-state index in [0.717, 1.165) is 31.7 Å². The van der Waals surface area contributed by atoms with Crippen LogP contribution in [0, 0.1) is 5.92 Å². The number of rotatable bonds is 7. The number of nitrogens with zero attached hydrogens (tertiary/aromatic N) is 2. The molecule has 0 fully saturated rings. The van der Waals surface area contributed by atoms with E-state index in [1.807, 2.05) is 11.9 Å². The minimum atomic E-state index is 0.661. The molecule has 0 saturated heterocycles. The topological polar surface area (TPSA) is 41.3 Å². The van der Waals surface area contributed by atoms with Gasteiger partial charge in [0.2, 0.25) is 0 Å². The van der Waals surface area contributed by atoms with Crippen molar-refractivity contribution in [2.24, 2.45) is 5.92 Å². The van der Waals surface area contributed by atoms with Crippen LogP contribution in [-0.2, 0) is 6.54 Å². The Bertz CT molecular complexity index is 296. The number of hydrogen-bond acceptors (Lipinski definition) is 4. The van der Waals surface area contributed by atoms with Crippen molar-refractivity contribution in [2.75, 3.05) is 25.0 Å². The second-order valence-corrected chi connectivity index (χ2v) is 4.57. The average Bonchev–Trinajstić information content (AvgIpc) is 2.66. The lowest BCUT2D eigenvalue weighted by atomic mass is 10.2. The van der Waals surface area contributed by atoms with Crippen LogP contribution >= 0.6 is 0 Å². The molecule has 92 valence electrons. The van der Waals surface area contributed by atoms with E-state index in [0.29, 0.717) is 11.9 Å². The van der Waals surface area contributed by atoms with Gasteiger partial charge in [-0.1, -0.05) is 20.8 Å². The Morgan fingerprint density at radius 2 is 2.25 bits per heavy atom. The zero-order valence-electron chi connectivity index (χ0n) is 10.8. The van der Waals surface area contributed by atoms with Crippen molar-refractivity contribution in [3.63, 3.8) is 0 Å². The maximum Gasteiger partial charge on any atom is 0.297 e. The van der Waals surface area contributed by atoms with Crippen molar-refractivity contribution >= 4 is 6.01 Å². The van der Waals surface area contributed by atoms with Crippen LogP contribution in [0.4, 0.5) is 6.01 Å². The SMILES string of the molecule is CCCN(C)c1nc(CNCC(C)C)co1. The summed E-state index contributed by atoms with van der Waals surface area (Å²) in [4.78, 5) is 6.46. The number of oxazole rings is 1. The highest BCUT2D eigenvalue weighted by molar-refractivity contribution is 5.24. The van der Waals surface area contributed by atoms with Gasteiger partial charge in [0.15, 0.2) is 0 Å². The normalized spacial score (nSPS) is 11.1. The lowest BCUT2D eigenvalue weighted by Crippen LogP contribution is -2.20. The van der Waals surface area contributed by atoms with E-state index < -0.39 is 0 Å². The zero-order chi connectivity index (χ0) is 12.0. The Morgan fingerprint density at radius 3 is 2.88 bits per heavy atom. The summed E-state index contributed by atoms with van der Waals surface area (Å²) in [6, 6.07) is 0.711. The van der Waals surface area contributed by atoms with Crippen LogP contribution in [0.15, 0.2) is 10.7 Å². The summed E-state index contributed by atoms with van der Waals surface area (Å²) >= 11 is 0. The molecular formula is C12H23N3O. The van der Waals surface area contributed by atoms with Crippen molar-refractivity contribution in [3.8, 4) is 0 Å². The third-order valence-corrected chi connectivity index (χ3v) is 2.28. The van der Waals surface area contributed by atoms with Gasteiger partial charge in [-0.15, -0.1) is 0 Å². The maximum atomic E-state index is 5.41. The smallest absolute Gasteiger partial charge is 0.297 e. The molecule has 0 bridgehead atoms. The van der Waals surface area contributed by atoms with Crippen molar-refractivity contribution in [2.45, 2.75) is 33.7 Å². The number of nitrogens with one attached hydrogen (secondary N) is 1. The van der Waals surface area contributed by atoms with Crippen molar-refractivity contribution in [1.29, 1.82) is 0 Å². The molecule has 0 amide bonds. The highest BCUT2D eigenvalue weighted by atomic mass is 16.4. The average molecular weight is 225 g/mol. The third-order valence-electron chi connectivity index (χ3n) is 2.28. The van der Waals surface area contributed by atoms with Gasteiger partial charge in [0.05, 0.1) is 5.69 Å². The zero-order valence-corrected chi connectivity index (χ0v) is 10.8. The molecule has 4 heteroatoms. The second kappa shape index (κ2) is 6.53. The van der Waals surface area contributed by atoms with Gasteiger partial charge in [-0.3, -0.25) is 0 Å². The summed E-state index contributed by atoms with van der Waals surface area (Å²) in [5.41, 5.74) is 0.971. The van der Waals surface area contributed by atoms with Gasteiger partial charge >= 0.3 is 0 Å². The summed E-state index contributed by atoms with van der Waals surface area (Å²) in [5, 5.41) is 3.34. The maximum absolute atomic E-state index is 5.41. The van der Waals surface area contributed by atoms with E-state index >= 15 is 0 Å². The Labute approximate surface area is 98.0 Å². The molecule has 1 aromatic rings. The van der Waals surface area contributed by atoms with E-state index in [1.165, 1.54) is 0 Å².